The van der Waals surface area contributed by atoms with Crippen molar-refractivity contribution in [2.75, 3.05) is 11.1 Å². The molecule has 0 bridgehead atoms. The number of thioether (sulfide) groups is 1. The molecule has 2 N–H and O–H groups in total. The average molecular weight is 579 g/mol. The van der Waals surface area contributed by atoms with Crippen LogP contribution in [0.25, 0.3) is 6.08 Å². The van der Waals surface area contributed by atoms with Crippen LogP contribution in [0.2, 0.25) is 10.0 Å². The van der Waals surface area contributed by atoms with Crippen LogP contribution in [0.4, 0.5) is 10.1 Å². The van der Waals surface area contributed by atoms with Crippen LogP contribution in [0, 0.1) is 5.82 Å². The molecule has 0 saturated carbocycles. The first-order valence-corrected chi connectivity index (χ1v) is 13.4. The van der Waals surface area contributed by atoms with E-state index >= 15 is 0 Å². The number of ketones is 1. The van der Waals surface area contributed by atoms with E-state index in [1.54, 1.807) is 78.9 Å². The fraction of sp³-hybridized carbons (Fsp3) is 0.0333. The lowest BCUT2D eigenvalue weighted by atomic mass is 10.1. The molecule has 0 saturated heterocycles. The van der Waals surface area contributed by atoms with Crippen LogP contribution in [-0.4, -0.2) is 23.4 Å². The van der Waals surface area contributed by atoms with Gasteiger partial charge in [-0.3, -0.25) is 14.4 Å². The van der Waals surface area contributed by atoms with Crippen molar-refractivity contribution in [3.05, 3.63) is 135 Å². The molecule has 4 aromatic rings. The molecule has 5 nitrogen and oxygen atoms in total. The Kier molecular flexibility index (Phi) is 9.54. The third kappa shape index (κ3) is 7.57. The number of hydrogen-bond acceptors (Lipinski definition) is 4. The molecule has 4 rings (SSSR count). The van der Waals surface area contributed by atoms with E-state index in [1.807, 2.05) is 0 Å². The molecule has 39 heavy (non-hydrogen) atoms. The minimum Gasteiger partial charge on any atom is -0.321 e. The van der Waals surface area contributed by atoms with E-state index < -0.39 is 17.6 Å². The first kappa shape index (κ1) is 28.1. The van der Waals surface area contributed by atoms with Crippen molar-refractivity contribution >= 4 is 64.3 Å². The number of carbonyl (C=O) groups excluding carboxylic acids is 3. The summed E-state index contributed by atoms with van der Waals surface area (Å²) >= 11 is 13.6. The van der Waals surface area contributed by atoms with Crippen molar-refractivity contribution in [2.45, 2.75) is 4.90 Å². The molecule has 9 heteroatoms. The van der Waals surface area contributed by atoms with E-state index in [9.17, 15) is 18.8 Å². The van der Waals surface area contributed by atoms with E-state index in [0.717, 1.165) is 4.90 Å². The van der Waals surface area contributed by atoms with Crippen molar-refractivity contribution in [1.82, 2.24) is 5.32 Å². The minimum atomic E-state index is -0.673. The Hall–Kier alpha value is -3.91. The van der Waals surface area contributed by atoms with Gasteiger partial charge in [0.1, 0.15) is 11.5 Å². The van der Waals surface area contributed by atoms with Gasteiger partial charge in [-0.2, -0.15) is 0 Å². The number of hydrogen-bond donors (Lipinski definition) is 2. The molecule has 0 aliphatic carbocycles. The largest absolute Gasteiger partial charge is 0.321 e. The number of rotatable bonds is 9. The second-order valence-corrected chi connectivity index (χ2v) is 10.0. The highest BCUT2D eigenvalue weighted by Gasteiger charge is 2.17. The number of anilines is 1. The molecule has 0 atom stereocenters. The number of nitrogens with one attached hydrogen (secondary N) is 2. The molecule has 0 radical (unpaired) electrons. The normalized spacial score (nSPS) is 11.1. The highest BCUT2D eigenvalue weighted by molar-refractivity contribution is 8.00. The highest BCUT2D eigenvalue weighted by Crippen LogP contribution is 2.25. The lowest BCUT2D eigenvalue weighted by Gasteiger charge is -2.12. The van der Waals surface area contributed by atoms with E-state index in [-0.39, 0.29) is 27.8 Å². The van der Waals surface area contributed by atoms with Gasteiger partial charge in [0.05, 0.1) is 15.8 Å². The Bertz CT molecular complexity index is 1520. The Morgan fingerprint density at radius 1 is 0.795 bits per heavy atom. The van der Waals surface area contributed by atoms with Crippen molar-refractivity contribution in [3.8, 4) is 0 Å². The van der Waals surface area contributed by atoms with Crippen molar-refractivity contribution < 1.29 is 18.8 Å². The van der Waals surface area contributed by atoms with Crippen LogP contribution in [0.1, 0.15) is 26.3 Å². The molecule has 0 fully saturated rings. The molecule has 2 amide bonds. The SMILES string of the molecule is O=C(Nc1ccc(SCC(=O)c2ccccc2Cl)cc1)/C(=C/c1c(F)cccc1Cl)NC(=O)c1ccccc1. The zero-order valence-corrected chi connectivity index (χ0v) is 22.6. The van der Waals surface area contributed by atoms with Crippen molar-refractivity contribution in [3.63, 3.8) is 0 Å². The molecule has 0 aliphatic heterocycles. The van der Waals surface area contributed by atoms with Crippen LogP contribution in [0.3, 0.4) is 0 Å². The summed E-state index contributed by atoms with van der Waals surface area (Å²) < 4.78 is 14.5. The summed E-state index contributed by atoms with van der Waals surface area (Å²) in [6.07, 6.45) is 1.19. The van der Waals surface area contributed by atoms with Gasteiger partial charge in [0, 0.05) is 27.3 Å². The Labute approximate surface area is 239 Å². The zero-order valence-electron chi connectivity index (χ0n) is 20.3. The van der Waals surface area contributed by atoms with Crippen LogP contribution >= 0.6 is 35.0 Å². The second kappa shape index (κ2) is 13.2. The van der Waals surface area contributed by atoms with Gasteiger partial charge < -0.3 is 10.6 Å². The molecule has 0 spiro atoms. The summed E-state index contributed by atoms with van der Waals surface area (Å²) in [5.41, 5.74) is 0.986. The number of carbonyl (C=O) groups is 3. The summed E-state index contributed by atoms with van der Waals surface area (Å²) in [4.78, 5) is 39.2. The van der Waals surface area contributed by atoms with Gasteiger partial charge >= 0.3 is 0 Å². The molecular weight excluding hydrogens is 558 g/mol. The molecule has 0 aliphatic rings. The summed E-state index contributed by atoms with van der Waals surface area (Å²) in [7, 11) is 0. The third-order valence-electron chi connectivity index (χ3n) is 5.47. The maximum Gasteiger partial charge on any atom is 0.272 e. The molecule has 0 heterocycles. The van der Waals surface area contributed by atoms with Gasteiger partial charge in [-0.15, -0.1) is 11.8 Å². The number of amides is 2. The quantitative estimate of drug-likeness (QED) is 0.122. The zero-order chi connectivity index (χ0) is 27.8. The molecule has 4 aromatic carbocycles. The standard InChI is InChI=1S/C30H21Cl2FN2O3S/c31-24-10-5-4-9-22(24)28(36)18-39-21-15-13-20(14-16-21)34-30(38)27(17-23-25(32)11-6-12-26(23)33)35-29(37)19-7-2-1-3-8-19/h1-17H,18H2,(H,34,38)(H,35,37)/b27-17-. The monoisotopic (exact) mass is 578 g/mol. The number of halogens is 3. The fourth-order valence-corrected chi connectivity index (χ4v) is 4.72. The molecule has 0 unspecified atom stereocenters. The summed E-state index contributed by atoms with van der Waals surface area (Å²) in [5.74, 6) is -1.77. The van der Waals surface area contributed by atoms with Gasteiger partial charge in [-0.1, -0.05) is 59.6 Å². The highest BCUT2D eigenvalue weighted by atomic mass is 35.5. The number of Topliss-reactive ketones (excluding diaryl/α,β-unsaturated/α-hetero) is 1. The smallest absolute Gasteiger partial charge is 0.272 e. The Morgan fingerprint density at radius 2 is 1.46 bits per heavy atom. The predicted molar refractivity (Wildman–Crippen MR) is 155 cm³/mol. The average Bonchev–Trinajstić information content (AvgIpc) is 2.94. The summed E-state index contributed by atoms with van der Waals surface area (Å²) in [5, 5.41) is 5.74. The van der Waals surface area contributed by atoms with Crippen molar-refractivity contribution in [2.24, 2.45) is 0 Å². The van der Waals surface area contributed by atoms with Gasteiger partial charge in [-0.05, 0) is 66.7 Å². The second-order valence-electron chi connectivity index (χ2n) is 8.18. The van der Waals surface area contributed by atoms with Crippen molar-refractivity contribution in [1.29, 1.82) is 0 Å². The summed E-state index contributed by atoms with van der Waals surface area (Å²) in [6.45, 7) is 0. The molecule has 196 valence electrons. The van der Waals surface area contributed by atoms with E-state index in [0.29, 0.717) is 21.8 Å². The van der Waals surface area contributed by atoms with Crippen LogP contribution in [0.5, 0.6) is 0 Å². The van der Waals surface area contributed by atoms with Crippen LogP contribution in [0.15, 0.2) is 108 Å². The van der Waals surface area contributed by atoms with Gasteiger partial charge in [0.25, 0.3) is 11.8 Å². The fourth-order valence-electron chi connectivity index (χ4n) is 3.48. The van der Waals surface area contributed by atoms with Gasteiger partial charge in [0.15, 0.2) is 5.78 Å². The molecular formula is C30H21Cl2FN2O3S. The Morgan fingerprint density at radius 3 is 2.15 bits per heavy atom. The van der Waals surface area contributed by atoms with E-state index in [4.69, 9.17) is 23.2 Å². The van der Waals surface area contributed by atoms with E-state index in [2.05, 4.69) is 10.6 Å². The Balaban J connectivity index is 1.48. The molecule has 0 aromatic heterocycles. The lowest BCUT2D eigenvalue weighted by molar-refractivity contribution is -0.113. The maximum absolute atomic E-state index is 14.5. The summed E-state index contributed by atoms with van der Waals surface area (Å²) in [6, 6.07) is 26.1. The minimum absolute atomic E-state index is 0.0346. The third-order valence-corrected chi connectivity index (χ3v) is 7.14. The van der Waals surface area contributed by atoms with Gasteiger partial charge in [-0.25, -0.2) is 4.39 Å². The van der Waals surface area contributed by atoms with Crippen LogP contribution in [-0.2, 0) is 4.79 Å². The van der Waals surface area contributed by atoms with E-state index in [1.165, 1.54) is 36.0 Å². The first-order chi connectivity index (χ1) is 18.8. The number of benzene rings is 4. The first-order valence-electron chi connectivity index (χ1n) is 11.7. The van der Waals surface area contributed by atoms with Crippen LogP contribution < -0.4 is 10.6 Å². The van der Waals surface area contributed by atoms with Gasteiger partial charge in [0.2, 0.25) is 0 Å². The maximum atomic E-state index is 14.5. The lowest BCUT2D eigenvalue weighted by Crippen LogP contribution is -2.30. The topological polar surface area (TPSA) is 75.3 Å². The predicted octanol–water partition coefficient (Wildman–Crippen LogP) is 7.52.